The van der Waals surface area contributed by atoms with E-state index in [1.165, 1.54) is 186 Å². The number of ether oxygens (including phenoxy) is 4. The van der Waals surface area contributed by atoms with Crippen LogP contribution in [-0.4, -0.2) is 96.7 Å². The SMILES string of the molecule is CCCCCCCCCCCCCCCCCCCC(=O)O[C@H](COC(=O)CCCCCCCCCCCCCCC)COP(=O)(O)OC[C@@H](O)COP(=O)(O)OC[C@@H](COC(=O)CCCCCCC)OC(=O)CCCCCCCCCCCCCCC. The summed E-state index contributed by atoms with van der Waals surface area (Å²) in [4.78, 5) is 72.2. The van der Waals surface area contributed by atoms with E-state index in [0.717, 1.165) is 96.3 Å². The summed E-state index contributed by atoms with van der Waals surface area (Å²) >= 11 is 0. The number of hydrogen-bond acceptors (Lipinski definition) is 15. The molecule has 0 bridgehead atoms. The van der Waals surface area contributed by atoms with Gasteiger partial charge in [0.1, 0.15) is 19.3 Å². The second kappa shape index (κ2) is 63.8. The number of carbonyl (C=O) groups is 4. The molecule has 0 radical (unpaired) electrons. The Morgan fingerprint density at radius 2 is 0.455 bits per heavy atom. The van der Waals surface area contributed by atoms with Crippen molar-refractivity contribution in [3.63, 3.8) is 0 Å². The molecule has 0 saturated carbocycles. The fourth-order valence-electron chi connectivity index (χ4n) is 10.5. The molecule has 2 unspecified atom stereocenters. The van der Waals surface area contributed by atoms with Crippen molar-refractivity contribution >= 4 is 39.5 Å². The van der Waals surface area contributed by atoms with Gasteiger partial charge in [0.2, 0.25) is 0 Å². The van der Waals surface area contributed by atoms with E-state index in [1.54, 1.807) is 0 Å². The lowest BCUT2D eigenvalue weighted by molar-refractivity contribution is -0.161. The van der Waals surface area contributed by atoms with Crippen molar-refractivity contribution in [1.29, 1.82) is 0 Å². The zero-order valence-electron chi connectivity index (χ0n) is 56.7. The molecular formula is C69H134O17P2. The second-order valence-corrected chi connectivity index (χ2v) is 27.8. The molecule has 88 heavy (non-hydrogen) atoms. The Bertz CT molecular complexity index is 1690. The van der Waals surface area contributed by atoms with Crippen LogP contribution in [-0.2, 0) is 65.4 Å². The van der Waals surface area contributed by atoms with Gasteiger partial charge in [-0.25, -0.2) is 9.13 Å². The molecule has 0 aliphatic carbocycles. The second-order valence-electron chi connectivity index (χ2n) is 24.9. The Balaban J connectivity index is 5.15. The summed E-state index contributed by atoms with van der Waals surface area (Å²) in [7, 11) is -9.89. The molecular weight excluding hydrogens is 1160 g/mol. The van der Waals surface area contributed by atoms with E-state index in [1.807, 2.05) is 0 Å². The molecule has 0 aromatic rings. The van der Waals surface area contributed by atoms with Gasteiger partial charge in [-0.1, -0.05) is 310 Å². The van der Waals surface area contributed by atoms with Crippen LogP contribution in [0.4, 0.5) is 0 Å². The van der Waals surface area contributed by atoms with Crippen molar-refractivity contribution in [3.8, 4) is 0 Å². The Morgan fingerprint density at radius 1 is 0.273 bits per heavy atom. The molecule has 19 heteroatoms. The first-order valence-electron chi connectivity index (χ1n) is 36.3. The van der Waals surface area contributed by atoms with Crippen LogP contribution in [0.5, 0.6) is 0 Å². The van der Waals surface area contributed by atoms with Crippen LogP contribution in [0.25, 0.3) is 0 Å². The number of hydrogen-bond donors (Lipinski definition) is 3. The predicted molar refractivity (Wildman–Crippen MR) is 354 cm³/mol. The van der Waals surface area contributed by atoms with Crippen LogP contribution < -0.4 is 0 Å². The Hall–Kier alpha value is -1.94. The molecule has 0 fully saturated rings. The van der Waals surface area contributed by atoms with Crippen molar-refractivity contribution < 1.29 is 80.2 Å². The standard InChI is InChI=1S/C69H134O17P2/c1-5-9-13-17-20-23-26-29-30-31-32-35-38-41-44-48-52-56-69(74)86-65(60-80-67(72)54-50-46-42-39-36-33-27-24-21-18-14-10-6-2)62-84-88(77,78)82-58-63(70)57-81-87(75,76)83-61-64(59-79-66(71)53-49-45-16-12-8-4)85-68(73)55-51-47-43-40-37-34-28-25-22-19-15-11-7-3/h63-65,70H,5-62H2,1-4H3,(H,75,76)(H,77,78)/t63-,64+,65+/m0/s1. The minimum atomic E-state index is -4.95. The monoisotopic (exact) mass is 1300 g/mol. The zero-order chi connectivity index (χ0) is 64.7. The molecule has 0 spiro atoms. The molecule has 0 amide bonds. The summed E-state index contributed by atoms with van der Waals surface area (Å²) in [5.74, 6) is -2.13. The Kier molecular flexibility index (Phi) is 62.4. The number of carbonyl (C=O) groups excluding carboxylic acids is 4. The minimum absolute atomic E-state index is 0.107. The molecule has 17 nitrogen and oxygen atoms in total. The van der Waals surface area contributed by atoms with E-state index in [9.17, 15) is 43.2 Å². The van der Waals surface area contributed by atoms with Crippen LogP contribution in [0.3, 0.4) is 0 Å². The number of phosphoric acid groups is 2. The molecule has 0 saturated heterocycles. The highest BCUT2D eigenvalue weighted by molar-refractivity contribution is 7.47. The van der Waals surface area contributed by atoms with Gasteiger partial charge >= 0.3 is 39.5 Å². The lowest BCUT2D eigenvalue weighted by atomic mass is 10.0. The maximum absolute atomic E-state index is 13.0. The lowest BCUT2D eigenvalue weighted by Crippen LogP contribution is -2.30. The van der Waals surface area contributed by atoms with Gasteiger partial charge < -0.3 is 33.8 Å². The molecule has 3 N–H and O–H groups in total. The number of unbranched alkanes of at least 4 members (excludes halogenated alkanes) is 44. The first-order valence-corrected chi connectivity index (χ1v) is 39.3. The van der Waals surface area contributed by atoms with Crippen LogP contribution in [0.1, 0.15) is 362 Å². The summed E-state index contributed by atoms with van der Waals surface area (Å²) in [6.07, 6.45) is 51.6. The fraction of sp³-hybridized carbons (Fsp3) is 0.942. The average molecular weight is 1300 g/mol. The Morgan fingerprint density at radius 3 is 0.670 bits per heavy atom. The lowest BCUT2D eigenvalue weighted by Gasteiger charge is -2.21. The molecule has 0 aromatic carbocycles. The summed E-state index contributed by atoms with van der Waals surface area (Å²) in [6.45, 7) is 4.86. The number of esters is 4. The summed E-state index contributed by atoms with van der Waals surface area (Å²) < 4.78 is 68.1. The van der Waals surface area contributed by atoms with E-state index in [4.69, 9.17) is 37.0 Å². The summed E-state index contributed by atoms with van der Waals surface area (Å²) in [5.41, 5.74) is 0. The fourth-order valence-corrected chi connectivity index (χ4v) is 12.1. The quantitative estimate of drug-likeness (QED) is 0.0222. The number of aliphatic hydroxyl groups is 1. The van der Waals surface area contributed by atoms with Crippen molar-refractivity contribution in [3.05, 3.63) is 0 Å². The van der Waals surface area contributed by atoms with E-state index < -0.39 is 97.5 Å². The molecule has 0 rings (SSSR count). The topological polar surface area (TPSA) is 237 Å². The largest absolute Gasteiger partial charge is 0.472 e. The van der Waals surface area contributed by atoms with Crippen molar-refractivity contribution in [2.75, 3.05) is 39.6 Å². The Labute approximate surface area is 537 Å². The first-order chi connectivity index (χ1) is 42.7. The molecule has 522 valence electrons. The normalized spacial score (nSPS) is 14.0. The van der Waals surface area contributed by atoms with Crippen molar-refractivity contribution in [2.24, 2.45) is 0 Å². The number of rotatable bonds is 70. The van der Waals surface area contributed by atoms with Gasteiger partial charge in [0, 0.05) is 25.7 Å². The van der Waals surface area contributed by atoms with Gasteiger partial charge in [-0.3, -0.25) is 37.3 Å². The molecule has 0 heterocycles. The first kappa shape index (κ1) is 86.1. The van der Waals surface area contributed by atoms with E-state index in [0.29, 0.717) is 25.7 Å². The van der Waals surface area contributed by atoms with E-state index in [2.05, 4.69) is 27.7 Å². The molecule has 0 aliphatic rings. The molecule has 5 atom stereocenters. The third kappa shape index (κ3) is 62.8. The van der Waals surface area contributed by atoms with Crippen molar-refractivity contribution in [2.45, 2.75) is 380 Å². The maximum atomic E-state index is 13.0. The number of aliphatic hydroxyl groups excluding tert-OH is 1. The average Bonchev–Trinajstić information content (AvgIpc) is 3.63. The van der Waals surface area contributed by atoms with Crippen molar-refractivity contribution in [1.82, 2.24) is 0 Å². The molecule has 0 aromatic heterocycles. The van der Waals surface area contributed by atoms with Gasteiger partial charge in [-0.15, -0.1) is 0 Å². The highest BCUT2D eigenvalue weighted by Gasteiger charge is 2.30. The summed E-state index contributed by atoms with van der Waals surface area (Å²) in [5, 5.41) is 10.6. The van der Waals surface area contributed by atoms with Crippen LogP contribution in [0.2, 0.25) is 0 Å². The van der Waals surface area contributed by atoms with Gasteiger partial charge in [0.05, 0.1) is 26.4 Å². The number of phosphoric ester groups is 2. The van der Waals surface area contributed by atoms with Crippen LogP contribution in [0, 0.1) is 0 Å². The third-order valence-electron chi connectivity index (χ3n) is 16.1. The van der Waals surface area contributed by atoms with Gasteiger partial charge in [-0.05, 0) is 25.7 Å². The van der Waals surface area contributed by atoms with Gasteiger partial charge in [0.15, 0.2) is 12.2 Å². The zero-order valence-corrected chi connectivity index (χ0v) is 58.5. The highest BCUT2D eigenvalue weighted by Crippen LogP contribution is 2.45. The predicted octanol–water partition coefficient (Wildman–Crippen LogP) is 19.9. The van der Waals surface area contributed by atoms with Crippen LogP contribution >= 0.6 is 15.6 Å². The van der Waals surface area contributed by atoms with Gasteiger partial charge in [-0.2, -0.15) is 0 Å². The van der Waals surface area contributed by atoms with E-state index >= 15 is 0 Å². The summed E-state index contributed by atoms with van der Waals surface area (Å²) in [6, 6.07) is 0. The third-order valence-corrected chi connectivity index (χ3v) is 18.0. The van der Waals surface area contributed by atoms with Gasteiger partial charge in [0.25, 0.3) is 0 Å². The highest BCUT2D eigenvalue weighted by atomic mass is 31.2. The van der Waals surface area contributed by atoms with Crippen LogP contribution in [0.15, 0.2) is 0 Å². The maximum Gasteiger partial charge on any atom is 0.472 e. The molecule has 0 aliphatic heterocycles. The van der Waals surface area contributed by atoms with E-state index in [-0.39, 0.29) is 25.7 Å². The minimum Gasteiger partial charge on any atom is -0.462 e. The smallest absolute Gasteiger partial charge is 0.462 e.